The van der Waals surface area contributed by atoms with Crippen molar-refractivity contribution in [2.24, 2.45) is 0 Å². The van der Waals surface area contributed by atoms with Gasteiger partial charge in [0.1, 0.15) is 5.56 Å². The summed E-state index contributed by atoms with van der Waals surface area (Å²) in [4.78, 5) is 13.0. The molecule has 0 aromatic carbocycles. The predicted molar refractivity (Wildman–Crippen MR) is 41.1 cm³/mol. The lowest BCUT2D eigenvalue weighted by molar-refractivity contribution is -0.142. The molecule has 0 spiro atoms. The largest absolute Gasteiger partial charge is 0.476 e. The lowest BCUT2D eigenvalue weighted by Gasteiger charge is -2.13. The maximum atomic E-state index is 13.1. The number of hydrogen-bond acceptors (Lipinski definition) is 2. The minimum absolute atomic E-state index is 0.0000231. The molecule has 17 heavy (non-hydrogen) atoms. The van der Waals surface area contributed by atoms with Gasteiger partial charge in [-0.25, -0.2) is 22.9 Å². The molecule has 0 aliphatic carbocycles. The van der Waals surface area contributed by atoms with Gasteiger partial charge in [0.2, 0.25) is 0 Å². The highest BCUT2D eigenvalue weighted by Gasteiger charge is 2.41. The van der Waals surface area contributed by atoms with Crippen LogP contribution in [0.2, 0.25) is 0 Å². The maximum absolute atomic E-state index is 13.1. The van der Waals surface area contributed by atoms with E-state index in [4.69, 9.17) is 5.11 Å². The van der Waals surface area contributed by atoms with E-state index < -0.39 is 41.2 Å². The van der Waals surface area contributed by atoms with E-state index in [0.717, 1.165) is 0 Å². The quantitative estimate of drug-likeness (QED) is 0.831. The van der Waals surface area contributed by atoms with Crippen molar-refractivity contribution in [3.63, 3.8) is 0 Å². The van der Waals surface area contributed by atoms with Crippen molar-refractivity contribution >= 4 is 5.97 Å². The Morgan fingerprint density at radius 1 is 1.35 bits per heavy atom. The van der Waals surface area contributed by atoms with Gasteiger partial charge < -0.3 is 5.11 Å². The first-order valence-corrected chi connectivity index (χ1v) is 3.93. The van der Waals surface area contributed by atoms with Gasteiger partial charge in [0.15, 0.2) is 11.5 Å². The number of carboxylic acid groups (broad SMARTS) is 1. The fourth-order valence-electron chi connectivity index (χ4n) is 1.10. The van der Waals surface area contributed by atoms with Gasteiger partial charge in [-0.3, -0.25) is 0 Å². The summed E-state index contributed by atoms with van der Waals surface area (Å²) in [6.45, 7) is 0. The van der Waals surface area contributed by atoms with E-state index in [0.29, 0.717) is 0 Å². The molecule has 1 rings (SSSR count). The second-order valence-electron chi connectivity index (χ2n) is 2.85. The minimum Gasteiger partial charge on any atom is -0.476 e. The number of hydrogen-bond donors (Lipinski definition) is 1. The van der Waals surface area contributed by atoms with Crippen LogP contribution in [-0.2, 0) is 6.18 Å². The molecule has 0 saturated carbocycles. The molecule has 3 nitrogen and oxygen atoms in total. The Labute approximate surface area is 89.7 Å². The van der Waals surface area contributed by atoms with Crippen LogP contribution in [0.5, 0.6) is 0 Å². The molecule has 1 heterocycles. The Hall–Kier alpha value is -1.80. The molecule has 0 aliphatic rings. The van der Waals surface area contributed by atoms with Gasteiger partial charge in [-0.05, 0) is 0 Å². The van der Waals surface area contributed by atoms with Crippen molar-refractivity contribution in [2.75, 3.05) is 0 Å². The van der Waals surface area contributed by atoms with Crippen molar-refractivity contribution in [2.45, 2.75) is 12.6 Å². The predicted octanol–water partition coefficient (Wildman–Crippen LogP) is 2.88. The van der Waals surface area contributed by atoms with Crippen LogP contribution < -0.4 is 0 Å². The van der Waals surface area contributed by atoms with Gasteiger partial charge in [-0.2, -0.15) is 13.2 Å². The Kier molecular flexibility index (Phi) is 3.30. The number of nitrogens with zero attached hydrogens (tertiary/aromatic N) is 1. The third-order valence-electron chi connectivity index (χ3n) is 1.77. The molecule has 1 N–H and O–H groups in total. The van der Waals surface area contributed by atoms with Gasteiger partial charge in [0.05, 0.1) is 5.56 Å². The first-order chi connectivity index (χ1) is 7.66. The van der Waals surface area contributed by atoms with Gasteiger partial charge in [0, 0.05) is 6.20 Å². The van der Waals surface area contributed by atoms with Crippen LogP contribution in [0.3, 0.4) is 0 Å². The molecule has 0 amide bonds. The standard InChI is InChI=1S/C8H3F6NO2/c9-4-3(8(12,13)14)2(6(10)11)1-15-5(4)7(16)17/h1,6H,(H,16,17). The molecule has 9 heteroatoms. The van der Waals surface area contributed by atoms with Crippen molar-refractivity contribution in [1.29, 1.82) is 0 Å². The Morgan fingerprint density at radius 3 is 2.24 bits per heavy atom. The van der Waals surface area contributed by atoms with Gasteiger partial charge in [-0.15, -0.1) is 0 Å². The second kappa shape index (κ2) is 4.22. The van der Waals surface area contributed by atoms with E-state index in [1.165, 1.54) is 0 Å². The number of carboxylic acids is 1. The zero-order chi connectivity index (χ0) is 13.4. The SMILES string of the molecule is O=C(O)c1ncc(C(F)F)c(C(F)(F)F)c1F. The fraction of sp³-hybridized carbons (Fsp3) is 0.250. The Morgan fingerprint density at radius 2 is 1.88 bits per heavy atom. The molecule has 1 aromatic rings. The van der Waals surface area contributed by atoms with Crippen LogP contribution in [0.25, 0.3) is 0 Å². The van der Waals surface area contributed by atoms with Crippen LogP contribution in [0.1, 0.15) is 28.0 Å². The summed E-state index contributed by atoms with van der Waals surface area (Å²) in [5.41, 5.74) is -5.55. The molecular weight excluding hydrogens is 256 g/mol. The minimum atomic E-state index is -5.43. The first-order valence-electron chi connectivity index (χ1n) is 3.93. The van der Waals surface area contributed by atoms with Crippen molar-refractivity contribution < 1.29 is 36.2 Å². The lowest BCUT2D eigenvalue weighted by Crippen LogP contribution is -2.17. The normalized spacial score (nSPS) is 11.9. The summed E-state index contributed by atoms with van der Waals surface area (Å²) in [6, 6.07) is 0. The Balaban J connectivity index is 3.59. The molecule has 0 aliphatic heterocycles. The average molecular weight is 259 g/mol. The highest BCUT2D eigenvalue weighted by atomic mass is 19.4. The summed E-state index contributed by atoms with van der Waals surface area (Å²) in [6.07, 6.45) is -9.04. The van der Waals surface area contributed by atoms with E-state index in [1.54, 1.807) is 0 Å². The number of aromatic carboxylic acids is 1. The Bertz CT molecular complexity index is 456. The molecule has 0 radical (unpaired) electrons. The zero-order valence-electron chi connectivity index (χ0n) is 7.73. The van der Waals surface area contributed by atoms with Crippen LogP contribution in [0.4, 0.5) is 26.3 Å². The average Bonchev–Trinajstić information content (AvgIpc) is 2.14. The van der Waals surface area contributed by atoms with Gasteiger partial charge in [-0.1, -0.05) is 0 Å². The summed E-state index contributed by atoms with van der Waals surface area (Å²) in [5.74, 6) is -4.39. The number of alkyl halides is 5. The van der Waals surface area contributed by atoms with Gasteiger partial charge in [0.25, 0.3) is 6.43 Å². The third kappa shape index (κ3) is 2.48. The molecule has 1 aromatic heterocycles. The highest BCUT2D eigenvalue weighted by molar-refractivity contribution is 5.86. The summed E-state index contributed by atoms with van der Waals surface area (Å²) < 4.78 is 74.5. The molecular formula is C8H3F6NO2. The number of carbonyl (C=O) groups is 1. The summed E-state index contributed by atoms with van der Waals surface area (Å²) >= 11 is 0. The maximum Gasteiger partial charge on any atom is 0.419 e. The number of aromatic nitrogens is 1. The van der Waals surface area contributed by atoms with E-state index in [1.807, 2.05) is 0 Å². The van der Waals surface area contributed by atoms with Crippen LogP contribution in [-0.4, -0.2) is 16.1 Å². The number of rotatable bonds is 2. The topological polar surface area (TPSA) is 50.2 Å². The fourth-order valence-corrected chi connectivity index (χ4v) is 1.10. The molecule has 0 bridgehead atoms. The second-order valence-corrected chi connectivity index (χ2v) is 2.85. The van der Waals surface area contributed by atoms with Gasteiger partial charge >= 0.3 is 12.1 Å². The zero-order valence-corrected chi connectivity index (χ0v) is 7.73. The first kappa shape index (κ1) is 13.3. The molecule has 0 unspecified atom stereocenters. The third-order valence-corrected chi connectivity index (χ3v) is 1.77. The van der Waals surface area contributed by atoms with Crippen LogP contribution >= 0.6 is 0 Å². The molecule has 0 atom stereocenters. The highest BCUT2D eigenvalue weighted by Crippen LogP contribution is 2.38. The summed E-state index contributed by atoms with van der Waals surface area (Å²) in [7, 11) is 0. The van der Waals surface area contributed by atoms with Crippen molar-refractivity contribution in [3.8, 4) is 0 Å². The lowest BCUT2D eigenvalue weighted by atomic mass is 10.1. The molecule has 0 saturated heterocycles. The monoisotopic (exact) mass is 259 g/mol. The van der Waals surface area contributed by atoms with Crippen LogP contribution in [0, 0.1) is 5.82 Å². The van der Waals surface area contributed by atoms with E-state index in [9.17, 15) is 31.1 Å². The number of halogens is 6. The van der Waals surface area contributed by atoms with E-state index >= 15 is 0 Å². The van der Waals surface area contributed by atoms with Crippen molar-refractivity contribution in [3.05, 3.63) is 28.8 Å². The number of pyridine rings is 1. The van der Waals surface area contributed by atoms with E-state index in [-0.39, 0.29) is 6.20 Å². The van der Waals surface area contributed by atoms with Crippen LogP contribution in [0.15, 0.2) is 6.20 Å². The molecule has 94 valence electrons. The van der Waals surface area contributed by atoms with E-state index in [2.05, 4.69) is 4.98 Å². The smallest absolute Gasteiger partial charge is 0.419 e. The molecule has 0 fully saturated rings. The van der Waals surface area contributed by atoms with Crippen molar-refractivity contribution in [1.82, 2.24) is 4.98 Å². The summed E-state index contributed by atoms with van der Waals surface area (Å²) in [5, 5.41) is 8.33.